The van der Waals surface area contributed by atoms with Crippen LogP contribution in [0.25, 0.3) is 0 Å². The molecule has 15 heteroatoms. The van der Waals surface area contributed by atoms with Crippen LogP contribution < -0.4 is 10.2 Å². The third-order valence-corrected chi connectivity index (χ3v) is 9.49. The fraction of sp³-hybridized carbons (Fsp3) is 0.429. The Bertz CT molecular complexity index is 1630. The number of anilines is 1. The van der Waals surface area contributed by atoms with Gasteiger partial charge in [0.25, 0.3) is 5.91 Å². The van der Waals surface area contributed by atoms with E-state index in [1.165, 1.54) is 11.9 Å². The topological polar surface area (TPSA) is 59.1 Å². The van der Waals surface area contributed by atoms with Gasteiger partial charge in [-0.05, 0) is 67.4 Å². The van der Waals surface area contributed by atoms with Crippen molar-refractivity contribution in [1.82, 2.24) is 20.0 Å². The molecule has 1 heterocycles. The first-order valence-electron chi connectivity index (χ1n) is 15.9. The summed E-state index contributed by atoms with van der Waals surface area (Å²) in [5.74, 6) is -1.35. The summed E-state index contributed by atoms with van der Waals surface area (Å²) in [6, 6.07) is 13.4. The molecule has 50 heavy (non-hydrogen) atoms. The fourth-order valence-corrected chi connectivity index (χ4v) is 6.23. The standard InChI is InChI=1S/C35H39Cl2F6N5O2/c1-22(44-33(50)45(2)3)28-7-5-6-8-31(28)48-15-13-47(14-16-48)12-11-24(23-9-10-29(36)30(37)19-23)21-46(4)32(49)25-17-26(34(38,39)40)20-27(18-25)35(41,42)43/h5-10,17-20,22,24H,11-16,21H2,1-4H3,(H,44,50)/t22-,24?/m0/s1. The van der Waals surface area contributed by atoms with Crippen LogP contribution in [0.4, 0.5) is 36.8 Å². The number of alkyl halides is 6. The molecule has 2 atom stereocenters. The highest BCUT2D eigenvalue weighted by Gasteiger charge is 2.38. The van der Waals surface area contributed by atoms with E-state index in [9.17, 15) is 35.9 Å². The Hall–Kier alpha value is -3.68. The predicted molar refractivity (Wildman–Crippen MR) is 183 cm³/mol. The lowest BCUT2D eigenvalue weighted by molar-refractivity contribution is -0.143. The van der Waals surface area contributed by atoms with Crippen LogP contribution in [0.15, 0.2) is 60.7 Å². The van der Waals surface area contributed by atoms with Crippen molar-refractivity contribution in [1.29, 1.82) is 0 Å². The van der Waals surface area contributed by atoms with Crippen molar-refractivity contribution < 1.29 is 35.9 Å². The van der Waals surface area contributed by atoms with Gasteiger partial charge in [0, 0.05) is 71.0 Å². The Labute approximate surface area is 297 Å². The van der Waals surface area contributed by atoms with Gasteiger partial charge in [-0.25, -0.2) is 4.79 Å². The van der Waals surface area contributed by atoms with E-state index >= 15 is 0 Å². The Kier molecular flexibility index (Phi) is 12.6. The molecule has 1 unspecified atom stereocenters. The number of urea groups is 1. The zero-order valence-corrected chi connectivity index (χ0v) is 29.5. The fourth-order valence-electron chi connectivity index (χ4n) is 5.93. The summed E-state index contributed by atoms with van der Waals surface area (Å²) in [5.41, 5.74) is -1.09. The second-order valence-corrected chi connectivity index (χ2v) is 13.4. The number of hydrogen-bond donors (Lipinski definition) is 1. The van der Waals surface area contributed by atoms with Crippen LogP contribution in [0.3, 0.4) is 0 Å². The van der Waals surface area contributed by atoms with E-state index < -0.39 is 35.0 Å². The largest absolute Gasteiger partial charge is 0.416 e. The van der Waals surface area contributed by atoms with E-state index in [1.807, 2.05) is 31.2 Å². The lowest BCUT2D eigenvalue weighted by Gasteiger charge is -2.38. The Morgan fingerprint density at radius 2 is 1.44 bits per heavy atom. The first kappa shape index (κ1) is 39.1. The zero-order valence-electron chi connectivity index (χ0n) is 28.0. The normalized spacial score (nSPS) is 15.4. The van der Waals surface area contributed by atoms with E-state index in [-0.39, 0.29) is 35.6 Å². The number of hydrogen-bond acceptors (Lipinski definition) is 4. The molecule has 1 aliphatic heterocycles. The van der Waals surface area contributed by atoms with Gasteiger partial charge in [0.15, 0.2) is 0 Å². The second-order valence-electron chi connectivity index (χ2n) is 12.6. The molecule has 1 saturated heterocycles. The number of nitrogens with one attached hydrogen (secondary N) is 1. The number of rotatable bonds is 10. The summed E-state index contributed by atoms with van der Waals surface area (Å²) < 4.78 is 80.9. The third-order valence-electron chi connectivity index (χ3n) is 8.75. The van der Waals surface area contributed by atoms with E-state index in [2.05, 4.69) is 15.1 Å². The number of amides is 3. The molecule has 0 aliphatic carbocycles. The van der Waals surface area contributed by atoms with E-state index in [0.717, 1.165) is 21.7 Å². The average molecular weight is 747 g/mol. The zero-order chi connectivity index (χ0) is 37.0. The molecule has 0 aromatic heterocycles. The molecule has 0 spiro atoms. The molecular formula is C35H39Cl2F6N5O2. The summed E-state index contributed by atoms with van der Waals surface area (Å²) >= 11 is 12.4. The monoisotopic (exact) mass is 745 g/mol. The van der Waals surface area contributed by atoms with Crippen LogP contribution in [-0.2, 0) is 12.4 Å². The van der Waals surface area contributed by atoms with Crippen LogP contribution in [0.2, 0.25) is 10.0 Å². The van der Waals surface area contributed by atoms with Gasteiger partial charge in [-0.2, -0.15) is 26.3 Å². The summed E-state index contributed by atoms with van der Waals surface area (Å²) in [4.78, 5) is 32.7. The van der Waals surface area contributed by atoms with Crippen LogP contribution >= 0.6 is 23.2 Å². The molecule has 1 fully saturated rings. The number of piperazine rings is 1. The van der Waals surface area contributed by atoms with Crippen molar-refractivity contribution in [2.45, 2.75) is 37.7 Å². The van der Waals surface area contributed by atoms with E-state index in [4.69, 9.17) is 23.2 Å². The first-order valence-corrected chi connectivity index (χ1v) is 16.6. The van der Waals surface area contributed by atoms with Crippen molar-refractivity contribution in [3.05, 3.63) is 98.5 Å². The summed E-state index contributed by atoms with van der Waals surface area (Å²) in [7, 11) is 4.70. The maximum Gasteiger partial charge on any atom is 0.416 e. The minimum absolute atomic E-state index is 0.00170. The number of likely N-dealkylation sites (N-methyl/N-ethyl adjacent to an activating group) is 1. The molecule has 1 N–H and O–H groups in total. The quantitative estimate of drug-likeness (QED) is 0.212. The maximum absolute atomic E-state index is 13.5. The van der Waals surface area contributed by atoms with Gasteiger partial charge in [0.1, 0.15) is 0 Å². The van der Waals surface area contributed by atoms with Gasteiger partial charge in [-0.15, -0.1) is 0 Å². The molecular weight excluding hydrogens is 707 g/mol. The van der Waals surface area contributed by atoms with Crippen molar-refractivity contribution in [3.63, 3.8) is 0 Å². The lowest BCUT2D eigenvalue weighted by atomic mass is 9.94. The van der Waals surface area contributed by atoms with Crippen LogP contribution in [0.5, 0.6) is 0 Å². The summed E-state index contributed by atoms with van der Waals surface area (Å²) in [6.07, 6.45) is -9.65. The van der Waals surface area contributed by atoms with Crippen molar-refractivity contribution in [2.24, 2.45) is 0 Å². The molecule has 272 valence electrons. The molecule has 1 aliphatic rings. The lowest BCUT2D eigenvalue weighted by Crippen LogP contribution is -2.47. The van der Waals surface area contributed by atoms with E-state index in [0.29, 0.717) is 56.3 Å². The van der Waals surface area contributed by atoms with Gasteiger partial charge in [-0.1, -0.05) is 47.5 Å². The maximum atomic E-state index is 13.5. The molecule has 0 bridgehead atoms. The van der Waals surface area contributed by atoms with Crippen LogP contribution in [0.1, 0.15) is 57.9 Å². The molecule has 3 amide bonds. The number of benzene rings is 3. The Morgan fingerprint density at radius 1 is 0.840 bits per heavy atom. The number of halogens is 8. The molecule has 3 aromatic carbocycles. The third kappa shape index (κ3) is 9.97. The second kappa shape index (κ2) is 16.1. The summed E-state index contributed by atoms with van der Waals surface area (Å²) in [6.45, 7) is 5.36. The van der Waals surface area contributed by atoms with Gasteiger partial charge in [0.2, 0.25) is 0 Å². The Balaban J connectivity index is 1.48. The van der Waals surface area contributed by atoms with Crippen LogP contribution in [0, 0.1) is 0 Å². The smallest absolute Gasteiger partial charge is 0.369 e. The number of carbonyl (C=O) groups excluding carboxylic acids is 2. The highest BCUT2D eigenvalue weighted by Crippen LogP contribution is 2.37. The van der Waals surface area contributed by atoms with Crippen LogP contribution in [-0.4, -0.2) is 87.0 Å². The minimum Gasteiger partial charge on any atom is -0.369 e. The minimum atomic E-state index is -5.08. The number of para-hydroxylation sites is 1. The molecule has 0 radical (unpaired) electrons. The molecule has 0 saturated carbocycles. The predicted octanol–water partition coefficient (Wildman–Crippen LogP) is 8.43. The van der Waals surface area contributed by atoms with Crippen molar-refractivity contribution in [2.75, 3.05) is 65.3 Å². The molecule has 3 aromatic rings. The van der Waals surface area contributed by atoms with Crippen molar-refractivity contribution in [3.8, 4) is 0 Å². The SMILES string of the molecule is C[C@H](NC(=O)N(C)C)c1ccccc1N1CCN(CCC(CN(C)C(=O)c2cc(C(F)(F)F)cc(C(F)(F)F)c2)c2ccc(Cl)c(Cl)c2)CC1. The number of nitrogens with zero attached hydrogens (tertiary/aromatic N) is 4. The molecule has 4 rings (SSSR count). The van der Waals surface area contributed by atoms with Gasteiger partial charge in [0.05, 0.1) is 27.2 Å². The van der Waals surface area contributed by atoms with E-state index in [1.54, 1.807) is 32.3 Å². The summed E-state index contributed by atoms with van der Waals surface area (Å²) in [5, 5.41) is 3.59. The Morgan fingerprint density at radius 3 is 2.00 bits per heavy atom. The van der Waals surface area contributed by atoms with Gasteiger partial charge < -0.3 is 20.0 Å². The molecule has 7 nitrogen and oxygen atoms in total. The average Bonchev–Trinajstić information content (AvgIpc) is 3.06. The van der Waals surface area contributed by atoms with Crippen molar-refractivity contribution >= 4 is 40.8 Å². The highest BCUT2D eigenvalue weighted by atomic mass is 35.5. The first-order chi connectivity index (χ1) is 23.3. The highest BCUT2D eigenvalue weighted by molar-refractivity contribution is 6.42. The van der Waals surface area contributed by atoms with Gasteiger partial charge in [-0.3, -0.25) is 9.69 Å². The van der Waals surface area contributed by atoms with Gasteiger partial charge >= 0.3 is 18.4 Å². The number of carbonyl (C=O) groups is 2.